The van der Waals surface area contributed by atoms with E-state index in [0.717, 1.165) is 0 Å². The van der Waals surface area contributed by atoms with Gasteiger partial charge in [-0.15, -0.1) is 0 Å². The first-order valence-corrected chi connectivity index (χ1v) is 5.33. The van der Waals surface area contributed by atoms with Crippen LogP contribution in [-0.2, 0) is 0 Å². The van der Waals surface area contributed by atoms with Gasteiger partial charge >= 0.3 is 7.69 Å². The maximum atomic E-state index is 7.00. The molecule has 1 radical (unpaired) electrons. The third-order valence-electron chi connectivity index (χ3n) is 2.65. The highest BCUT2D eigenvalue weighted by molar-refractivity contribution is 6.13. The summed E-state index contributed by atoms with van der Waals surface area (Å²) in [6.45, 7) is 0. The smallest absolute Gasteiger partial charge is 0.429 e. The Kier molecular flexibility index (Phi) is 3.75. The van der Waals surface area contributed by atoms with Crippen LogP contribution in [0.15, 0.2) is 60.7 Å². The average Bonchev–Trinajstić information content (AvgIpc) is 2.40. The van der Waals surface area contributed by atoms with Gasteiger partial charge in [-0.25, -0.2) is 0 Å². The number of hydrogen-bond acceptors (Lipinski definition) is 2. The summed E-state index contributed by atoms with van der Waals surface area (Å²) in [5, 5.41) is 19.3. The van der Waals surface area contributed by atoms with Crippen LogP contribution in [0.3, 0.4) is 0 Å². The number of benzene rings is 3. The quantitative estimate of drug-likeness (QED) is 0.454. The molecule has 0 aliphatic carbocycles. The Bertz CT molecular complexity index is 568. The van der Waals surface area contributed by atoms with Crippen molar-refractivity contribution >= 4 is 29.2 Å². The predicted molar refractivity (Wildman–Crippen MR) is 71.6 cm³/mol. The van der Waals surface area contributed by atoms with E-state index in [1.54, 1.807) is 0 Å². The summed E-state index contributed by atoms with van der Waals surface area (Å²) in [5.74, 6) is 0. The number of rotatable bonds is 0. The highest BCUT2D eigenvalue weighted by Crippen LogP contribution is 2.24. The van der Waals surface area contributed by atoms with E-state index < -0.39 is 0 Å². The first-order valence-electron chi connectivity index (χ1n) is 5.33. The Morgan fingerprint density at radius 3 is 1.35 bits per heavy atom. The van der Waals surface area contributed by atoms with Crippen LogP contribution in [0.1, 0.15) is 0 Å². The standard InChI is InChI=1S/C14H10.BH2O2/c1-3-7-13-11(5-1)9-10-12-6-2-4-8-14(12)13;2-1-3/h1-10H;2-3H. The zero-order valence-corrected chi connectivity index (χ0v) is 9.25. The second-order valence-corrected chi connectivity index (χ2v) is 3.62. The summed E-state index contributed by atoms with van der Waals surface area (Å²) < 4.78 is 0. The highest BCUT2D eigenvalue weighted by Gasteiger charge is 1.97. The second kappa shape index (κ2) is 5.48. The minimum Gasteiger partial charge on any atom is -0.429 e. The molecule has 0 saturated carbocycles. The molecule has 0 unspecified atom stereocenters. The normalized spacial score (nSPS) is 9.76. The molecule has 3 heteroatoms. The highest BCUT2D eigenvalue weighted by atomic mass is 16.4. The lowest BCUT2D eigenvalue weighted by atomic mass is 10.0. The van der Waals surface area contributed by atoms with Crippen LogP contribution in [0.4, 0.5) is 0 Å². The van der Waals surface area contributed by atoms with Gasteiger partial charge in [-0.05, 0) is 21.5 Å². The number of hydrogen-bond donors (Lipinski definition) is 2. The Labute approximate surface area is 100 Å². The van der Waals surface area contributed by atoms with Gasteiger partial charge in [0.15, 0.2) is 0 Å². The van der Waals surface area contributed by atoms with E-state index in [2.05, 4.69) is 60.7 Å². The van der Waals surface area contributed by atoms with Crippen LogP contribution >= 0.6 is 0 Å². The minimum absolute atomic E-state index is 0. The molecular formula is C14H12BO2. The van der Waals surface area contributed by atoms with Crippen molar-refractivity contribution in [2.24, 2.45) is 0 Å². The molecule has 0 bridgehead atoms. The summed E-state index contributed by atoms with van der Waals surface area (Å²) in [7, 11) is 0. The molecular weight excluding hydrogens is 211 g/mol. The van der Waals surface area contributed by atoms with Crippen molar-refractivity contribution in [1.82, 2.24) is 0 Å². The van der Waals surface area contributed by atoms with E-state index in [9.17, 15) is 0 Å². The molecule has 0 spiro atoms. The molecule has 0 amide bonds. The molecule has 2 N–H and O–H groups in total. The van der Waals surface area contributed by atoms with Crippen molar-refractivity contribution in [1.29, 1.82) is 0 Å². The van der Waals surface area contributed by atoms with E-state index in [1.165, 1.54) is 21.5 Å². The Hall–Kier alpha value is -1.84. The maximum absolute atomic E-state index is 7.00. The van der Waals surface area contributed by atoms with Crippen LogP contribution in [-0.4, -0.2) is 17.7 Å². The van der Waals surface area contributed by atoms with Crippen molar-refractivity contribution in [3.63, 3.8) is 0 Å². The molecule has 0 heterocycles. The first kappa shape index (κ1) is 11.6. The van der Waals surface area contributed by atoms with Gasteiger partial charge in [-0.2, -0.15) is 0 Å². The SMILES string of the molecule is O[B]O.c1ccc2c(c1)ccc1ccccc12. The molecule has 0 saturated heterocycles. The largest absolute Gasteiger partial charge is 0.482 e. The Morgan fingerprint density at radius 2 is 0.941 bits per heavy atom. The van der Waals surface area contributed by atoms with Gasteiger partial charge in [0.2, 0.25) is 0 Å². The monoisotopic (exact) mass is 223 g/mol. The van der Waals surface area contributed by atoms with Gasteiger partial charge in [0, 0.05) is 0 Å². The van der Waals surface area contributed by atoms with Crippen LogP contribution in [0, 0.1) is 0 Å². The summed E-state index contributed by atoms with van der Waals surface area (Å²) in [6.07, 6.45) is 0. The molecule has 3 aromatic carbocycles. The molecule has 0 aliphatic heterocycles. The molecule has 83 valence electrons. The van der Waals surface area contributed by atoms with E-state index in [-0.39, 0.29) is 7.69 Å². The first-order chi connectivity index (χ1) is 8.36. The Morgan fingerprint density at radius 1 is 0.588 bits per heavy atom. The van der Waals surface area contributed by atoms with Gasteiger partial charge < -0.3 is 10.0 Å². The minimum atomic E-state index is 0. The van der Waals surface area contributed by atoms with E-state index in [4.69, 9.17) is 10.0 Å². The third-order valence-corrected chi connectivity index (χ3v) is 2.65. The second-order valence-electron chi connectivity index (χ2n) is 3.62. The number of fused-ring (bicyclic) bond motifs is 3. The van der Waals surface area contributed by atoms with Crippen LogP contribution in [0.25, 0.3) is 21.5 Å². The summed E-state index contributed by atoms with van der Waals surface area (Å²) in [4.78, 5) is 0. The van der Waals surface area contributed by atoms with Gasteiger partial charge in [0.25, 0.3) is 0 Å². The van der Waals surface area contributed by atoms with Gasteiger partial charge in [0.05, 0.1) is 0 Å². The van der Waals surface area contributed by atoms with Crippen molar-refractivity contribution in [3.05, 3.63) is 60.7 Å². The fraction of sp³-hybridized carbons (Fsp3) is 0. The van der Waals surface area contributed by atoms with E-state index >= 15 is 0 Å². The van der Waals surface area contributed by atoms with Crippen molar-refractivity contribution in [3.8, 4) is 0 Å². The maximum Gasteiger partial charge on any atom is 0.482 e. The fourth-order valence-electron chi connectivity index (χ4n) is 1.95. The van der Waals surface area contributed by atoms with Crippen molar-refractivity contribution in [2.75, 3.05) is 0 Å². The predicted octanol–water partition coefficient (Wildman–Crippen LogP) is 2.50. The molecule has 3 aromatic rings. The van der Waals surface area contributed by atoms with E-state index in [0.29, 0.717) is 0 Å². The lowest BCUT2D eigenvalue weighted by Gasteiger charge is -2.02. The molecule has 0 atom stereocenters. The summed E-state index contributed by atoms with van der Waals surface area (Å²) in [5.41, 5.74) is 0. The molecule has 17 heavy (non-hydrogen) atoms. The molecule has 0 fully saturated rings. The zero-order valence-electron chi connectivity index (χ0n) is 9.25. The molecule has 3 rings (SSSR count). The fourth-order valence-corrected chi connectivity index (χ4v) is 1.95. The van der Waals surface area contributed by atoms with Crippen molar-refractivity contribution < 1.29 is 10.0 Å². The summed E-state index contributed by atoms with van der Waals surface area (Å²) in [6, 6.07) is 21.4. The van der Waals surface area contributed by atoms with Gasteiger partial charge in [-0.1, -0.05) is 60.7 Å². The topological polar surface area (TPSA) is 40.5 Å². The average molecular weight is 223 g/mol. The van der Waals surface area contributed by atoms with Crippen molar-refractivity contribution in [2.45, 2.75) is 0 Å². The lowest BCUT2D eigenvalue weighted by Crippen LogP contribution is -1.75. The van der Waals surface area contributed by atoms with Crippen LogP contribution < -0.4 is 0 Å². The van der Waals surface area contributed by atoms with Gasteiger partial charge in [-0.3, -0.25) is 0 Å². The van der Waals surface area contributed by atoms with Crippen LogP contribution in [0.5, 0.6) is 0 Å². The zero-order chi connectivity index (χ0) is 12.1. The Balaban J connectivity index is 0.000000329. The molecule has 0 aromatic heterocycles. The lowest BCUT2D eigenvalue weighted by molar-refractivity contribution is 0.448. The van der Waals surface area contributed by atoms with Crippen LogP contribution in [0.2, 0.25) is 0 Å². The van der Waals surface area contributed by atoms with E-state index in [1.807, 2.05) is 0 Å². The molecule has 0 aliphatic rings. The third kappa shape index (κ3) is 2.46. The summed E-state index contributed by atoms with van der Waals surface area (Å²) >= 11 is 0. The molecule has 2 nitrogen and oxygen atoms in total. The van der Waals surface area contributed by atoms with Gasteiger partial charge in [0.1, 0.15) is 0 Å².